The quantitative estimate of drug-likeness (QED) is 0.848. The summed E-state index contributed by atoms with van der Waals surface area (Å²) in [7, 11) is 1.93. The minimum absolute atomic E-state index is 0.0557. The number of hydrogen-bond acceptors (Lipinski definition) is 3. The van der Waals surface area contributed by atoms with Crippen molar-refractivity contribution in [2.24, 2.45) is 0 Å². The van der Waals surface area contributed by atoms with Crippen LogP contribution in [0.15, 0.2) is 48.5 Å². The summed E-state index contributed by atoms with van der Waals surface area (Å²) >= 11 is 0. The van der Waals surface area contributed by atoms with E-state index in [0.29, 0.717) is 12.1 Å². The molecule has 0 fully saturated rings. The van der Waals surface area contributed by atoms with E-state index in [2.05, 4.69) is 25.1 Å². The van der Waals surface area contributed by atoms with Gasteiger partial charge in [-0.15, -0.1) is 0 Å². The van der Waals surface area contributed by atoms with Crippen LogP contribution in [0.4, 0.5) is 0 Å². The standard InChI is InChI=1S/C17H19NO2/c1-13-4-3-5-14(10-13)11-18(2)12-17(20)15-6-8-16(19)9-7-15/h3-10,19H,11-12H2,1-2H3. The summed E-state index contributed by atoms with van der Waals surface area (Å²) in [6.45, 7) is 3.16. The highest BCUT2D eigenvalue weighted by molar-refractivity contribution is 5.97. The number of Topliss-reactive ketones (excluding diaryl/α,β-unsaturated/α-hetero) is 1. The van der Waals surface area contributed by atoms with E-state index in [1.807, 2.05) is 18.0 Å². The topological polar surface area (TPSA) is 40.5 Å². The van der Waals surface area contributed by atoms with Crippen molar-refractivity contribution in [1.29, 1.82) is 0 Å². The fourth-order valence-electron chi connectivity index (χ4n) is 2.16. The minimum Gasteiger partial charge on any atom is -0.508 e. The Balaban J connectivity index is 1.95. The van der Waals surface area contributed by atoms with Gasteiger partial charge in [0.25, 0.3) is 0 Å². The Labute approximate surface area is 119 Å². The lowest BCUT2D eigenvalue weighted by Crippen LogP contribution is -2.25. The highest BCUT2D eigenvalue weighted by Gasteiger charge is 2.09. The van der Waals surface area contributed by atoms with Gasteiger partial charge in [0, 0.05) is 12.1 Å². The van der Waals surface area contributed by atoms with Gasteiger partial charge in [-0.2, -0.15) is 0 Å². The minimum atomic E-state index is 0.0557. The molecule has 3 heteroatoms. The van der Waals surface area contributed by atoms with Crippen molar-refractivity contribution in [1.82, 2.24) is 4.90 Å². The Kier molecular flexibility index (Phi) is 4.53. The molecule has 0 heterocycles. The number of benzene rings is 2. The number of nitrogens with zero attached hydrogens (tertiary/aromatic N) is 1. The molecule has 0 saturated carbocycles. The van der Waals surface area contributed by atoms with Crippen molar-refractivity contribution in [2.75, 3.05) is 13.6 Å². The lowest BCUT2D eigenvalue weighted by atomic mass is 10.1. The van der Waals surface area contributed by atoms with Crippen LogP contribution in [-0.2, 0) is 6.54 Å². The molecule has 0 amide bonds. The van der Waals surface area contributed by atoms with Gasteiger partial charge in [0.05, 0.1) is 6.54 Å². The predicted molar refractivity (Wildman–Crippen MR) is 80.0 cm³/mol. The van der Waals surface area contributed by atoms with Crippen LogP contribution in [0.1, 0.15) is 21.5 Å². The molecule has 3 nitrogen and oxygen atoms in total. The summed E-state index contributed by atoms with van der Waals surface area (Å²) in [4.78, 5) is 14.1. The van der Waals surface area contributed by atoms with Gasteiger partial charge in [-0.05, 0) is 43.8 Å². The van der Waals surface area contributed by atoms with Gasteiger partial charge in [0.2, 0.25) is 0 Å². The third kappa shape index (κ3) is 3.93. The number of hydrogen-bond donors (Lipinski definition) is 1. The largest absolute Gasteiger partial charge is 0.508 e. The van der Waals surface area contributed by atoms with Crippen LogP contribution in [0.5, 0.6) is 5.75 Å². The second-order valence-electron chi connectivity index (χ2n) is 5.13. The van der Waals surface area contributed by atoms with Crippen LogP contribution in [-0.4, -0.2) is 29.4 Å². The van der Waals surface area contributed by atoms with Gasteiger partial charge in [-0.1, -0.05) is 29.8 Å². The molecule has 0 aliphatic carbocycles. The second kappa shape index (κ2) is 6.35. The molecular formula is C17H19NO2. The molecule has 0 radical (unpaired) electrons. The molecule has 2 aromatic rings. The molecule has 0 saturated heterocycles. The predicted octanol–water partition coefficient (Wildman–Crippen LogP) is 3.02. The van der Waals surface area contributed by atoms with Crippen molar-refractivity contribution in [3.8, 4) is 5.75 Å². The second-order valence-corrected chi connectivity index (χ2v) is 5.13. The highest BCUT2D eigenvalue weighted by Crippen LogP contribution is 2.11. The molecule has 2 aromatic carbocycles. The number of phenols is 1. The number of rotatable bonds is 5. The van der Waals surface area contributed by atoms with Gasteiger partial charge in [-0.25, -0.2) is 0 Å². The number of likely N-dealkylation sites (N-methyl/N-ethyl adjacent to an activating group) is 1. The first-order valence-electron chi connectivity index (χ1n) is 6.61. The van der Waals surface area contributed by atoms with Crippen molar-refractivity contribution >= 4 is 5.78 Å². The summed E-state index contributed by atoms with van der Waals surface area (Å²) < 4.78 is 0. The molecular weight excluding hydrogens is 250 g/mol. The van der Waals surface area contributed by atoms with Crippen molar-refractivity contribution in [3.05, 3.63) is 65.2 Å². The van der Waals surface area contributed by atoms with E-state index < -0.39 is 0 Å². The maximum atomic E-state index is 12.1. The van der Waals surface area contributed by atoms with Crippen LogP contribution in [0, 0.1) is 6.92 Å². The van der Waals surface area contributed by atoms with Crippen molar-refractivity contribution in [3.63, 3.8) is 0 Å². The Morgan fingerprint density at radius 1 is 1.15 bits per heavy atom. The number of carbonyl (C=O) groups excluding carboxylic acids is 1. The van der Waals surface area contributed by atoms with Gasteiger partial charge >= 0.3 is 0 Å². The first-order valence-corrected chi connectivity index (χ1v) is 6.61. The maximum Gasteiger partial charge on any atom is 0.176 e. The Morgan fingerprint density at radius 3 is 2.50 bits per heavy atom. The molecule has 2 rings (SSSR count). The first-order chi connectivity index (χ1) is 9.54. The number of carbonyl (C=O) groups is 1. The molecule has 0 aromatic heterocycles. The SMILES string of the molecule is Cc1cccc(CN(C)CC(=O)c2ccc(O)cc2)c1. The Bertz CT molecular complexity index is 590. The summed E-state index contributed by atoms with van der Waals surface area (Å²) in [5.41, 5.74) is 3.05. The third-order valence-corrected chi connectivity index (χ3v) is 3.14. The summed E-state index contributed by atoms with van der Waals surface area (Å²) in [6.07, 6.45) is 0. The average molecular weight is 269 g/mol. The molecule has 104 valence electrons. The third-order valence-electron chi connectivity index (χ3n) is 3.14. The van der Waals surface area contributed by atoms with Crippen molar-refractivity contribution in [2.45, 2.75) is 13.5 Å². The van der Waals surface area contributed by atoms with Crippen LogP contribution < -0.4 is 0 Å². The van der Waals surface area contributed by atoms with Gasteiger partial charge in [-0.3, -0.25) is 9.69 Å². The molecule has 0 bridgehead atoms. The number of ketones is 1. The molecule has 0 atom stereocenters. The van der Waals surface area contributed by atoms with E-state index in [0.717, 1.165) is 6.54 Å². The smallest absolute Gasteiger partial charge is 0.176 e. The zero-order valence-corrected chi connectivity index (χ0v) is 11.8. The number of aryl methyl sites for hydroxylation is 1. The van der Waals surface area contributed by atoms with E-state index in [1.165, 1.54) is 23.3 Å². The molecule has 0 aliphatic heterocycles. The molecule has 0 unspecified atom stereocenters. The van der Waals surface area contributed by atoms with Crippen molar-refractivity contribution < 1.29 is 9.90 Å². The van der Waals surface area contributed by atoms with E-state index in [9.17, 15) is 9.90 Å². The number of phenolic OH excluding ortho intramolecular Hbond substituents is 1. The van der Waals surface area contributed by atoms with E-state index >= 15 is 0 Å². The average Bonchev–Trinajstić information content (AvgIpc) is 2.39. The Morgan fingerprint density at radius 2 is 1.85 bits per heavy atom. The maximum absolute atomic E-state index is 12.1. The van der Waals surface area contributed by atoms with Crippen LogP contribution in [0.3, 0.4) is 0 Å². The molecule has 20 heavy (non-hydrogen) atoms. The van der Waals surface area contributed by atoms with Gasteiger partial charge in [0.15, 0.2) is 5.78 Å². The Hall–Kier alpha value is -2.13. The lowest BCUT2D eigenvalue weighted by molar-refractivity contribution is 0.0943. The fourth-order valence-corrected chi connectivity index (χ4v) is 2.16. The summed E-state index contributed by atoms with van der Waals surface area (Å²) in [5, 5.41) is 9.22. The monoisotopic (exact) mass is 269 g/mol. The van der Waals surface area contributed by atoms with E-state index in [1.54, 1.807) is 12.1 Å². The van der Waals surface area contributed by atoms with Crippen LogP contribution >= 0.6 is 0 Å². The summed E-state index contributed by atoms with van der Waals surface area (Å²) in [5.74, 6) is 0.231. The van der Waals surface area contributed by atoms with E-state index in [-0.39, 0.29) is 11.5 Å². The first kappa shape index (κ1) is 14.3. The molecule has 0 spiro atoms. The molecule has 0 aliphatic rings. The normalized spacial score (nSPS) is 10.8. The zero-order chi connectivity index (χ0) is 14.5. The van der Waals surface area contributed by atoms with Gasteiger partial charge in [0.1, 0.15) is 5.75 Å². The van der Waals surface area contributed by atoms with E-state index in [4.69, 9.17) is 0 Å². The van der Waals surface area contributed by atoms with Crippen LogP contribution in [0.25, 0.3) is 0 Å². The molecule has 1 N–H and O–H groups in total. The van der Waals surface area contributed by atoms with Gasteiger partial charge < -0.3 is 5.11 Å². The lowest BCUT2D eigenvalue weighted by Gasteiger charge is -2.16. The fraction of sp³-hybridized carbons (Fsp3) is 0.235. The number of aromatic hydroxyl groups is 1. The van der Waals surface area contributed by atoms with Crippen LogP contribution in [0.2, 0.25) is 0 Å². The summed E-state index contributed by atoms with van der Waals surface area (Å²) in [6, 6.07) is 14.7. The highest BCUT2D eigenvalue weighted by atomic mass is 16.3. The zero-order valence-electron chi connectivity index (χ0n) is 11.8.